The molecular formula is C15H25ClN2O2S. The Hall–Kier alpha value is -0.520. The first-order valence-corrected chi connectivity index (χ1v) is 9.67. The highest BCUT2D eigenvalue weighted by molar-refractivity contribution is 7.89. The maximum absolute atomic E-state index is 12.8. The summed E-state index contributed by atoms with van der Waals surface area (Å²) >= 11 is 5.83. The van der Waals surface area contributed by atoms with Crippen molar-refractivity contribution >= 4 is 21.6 Å². The van der Waals surface area contributed by atoms with Crippen molar-refractivity contribution in [3.63, 3.8) is 0 Å². The molecule has 1 aromatic rings. The van der Waals surface area contributed by atoms with Crippen LogP contribution >= 0.6 is 11.6 Å². The Morgan fingerprint density at radius 1 is 1.33 bits per heavy atom. The largest absolute Gasteiger partial charge is 0.352 e. The van der Waals surface area contributed by atoms with Crippen molar-refractivity contribution in [1.82, 2.24) is 8.87 Å². The molecule has 2 rings (SSSR count). The van der Waals surface area contributed by atoms with E-state index < -0.39 is 10.0 Å². The number of nitrogens with zero attached hydrogens (tertiary/aromatic N) is 2. The van der Waals surface area contributed by atoms with Crippen LogP contribution in [0.4, 0.5) is 0 Å². The van der Waals surface area contributed by atoms with Crippen LogP contribution in [0.5, 0.6) is 0 Å². The smallest absolute Gasteiger partial charge is 0.244 e. The molecule has 0 spiro atoms. The standard InChI is InChI=1S/C15H25ClN2O2S/c1-3-5-13-6-4-8-18(9-7-13)21(19,20)15-10-14(11-16)17(2)12-15/h10,12-13H,3-9,11H2,1-2H3. The summed E-state index contributed by atoms with van der Waals surface area (Å²) in [5, 5.41) is 0. The summed E-state index contributed by atoms with van der Waals surface area (Å²) in [4.78, 5) is 0.370. The van der Waals surface area contributed by atoms with E-state index in [0.29, 0.717) is 29.8 Å². The minimum absolute atomic E-state index is 0.324. The Morgan fingerprint density at radius 3 is 2.71 bits per heavy atom. The molecule has 4 nitrogen and oxygen atoms in total. The molecule has 1 aliphatic rings. The van der Waals surface area contributed by atoms with E-state index in [1.165, 1.54) is 12.8 Å². The Kier molecular flexibility index (Phi) is 5.74. The molecule has 21 heavy (non-hydrogen) atoms. The second-order valence-electron chi connectivity index (χ2n) is 5.90. The molecule has 0 saturated carbocycles. The van der Waals surface area contributed by atoms with Crippen molar-refractivity contribution in [2.75, 3.05) is 13.1 Å². The topological polar surface area (TPSA) is 42.3 Å². The summed E-state index contributed by atoms with van der Waals surface area (Å²) in [6, 6.07) is 1.69. The van der Waals surface area contributed by atoms with Gasteiger partial charge in [0.1, 0.15) is 4.90 Å². The quantitative estimate of drug-likeness (QED) is 0.776. The van der Waals surface area contributed by atoms with Crippen molar-refractivity contribution in [2.45, 2.75) is 49.8 Å². The zero-order valence-electron chi connectivity index (χ0n) is 12.9. The van der Waals surface area contributed by atoms with Crippen LogP contribution in [-0.4, -0.2) is 30.4 Å². The first-order valence-electron chi connectivity index (χ1n) is 7.70. The highest BCUT2D eigenvalue weighted by Crippen LogP contribution is 2.26. The van der Waals surface area contributed by atoms with E-state index in [0.717, 1.165) is 25.0 Å². The second kappa shape index (κ2) is 7.16. The third-order valence-corrected chi connectivity index (χ3v) is 6.50. The van der Waals surface area contributed by atoms with Gasteiger partial charge < -0.3 is 4.57 Å². The lowest BCUT2D eigenvalue weighted by molar-refractivity contribution is 0.400. The van der Waals surface area contributed by atoms with Gasteiger partial charge in [0.05, 0.1) is 5.88 Å². The van der Waals surface area contributed by atoms with E-state index in [9.17, 15) is 8.42 Å². The van der Waals surface area contributed by atoms with Gasteiger partial charge in [-0.05, 0) is 31.2 Å². The van der Waals surface area contributed by atoms with E-state index >= 15 is 0 Å². The Balaban J connectivity index is 2.15. The fourth-order valence-corrected chi connectivity index (χ4v) is 4.93. The highest BCUT2D eigenvalue weighted by atomic mass is 35.5. The molecule has 0 bridgehead atoms. The number of alkyl halides is 1. The van der Waals surface area contributed by atoms with Crippen LogP contribution in [0.25, 0.3) is 0 Å². The lowest BCUT2D eigenvalue weighted by atomic mass is 9.96. The minimum atomic E-state index is -3.38. The Bertz CT molecular complexity index is 568. The summed E-state index contributed by atoms with van der Waals surface area (Å²) in [5.74, 6) is 0.995. The van der Waals surface area contributed by atoms with Gasteiger partial charge in [-0.15, -0.1) is 11.6 Å². The SMILES string of the molecule is CCCC1CCCN(S(=O)(=O)c2cc(CCl)n(C)c2)CC1. The van der Waals surface area contributed by atoms with Crippen molar-refractivity contribution in [1.29, 1.82) is 0 Å². The van der Waals surface area contributed by atoms with Gasteiger partial charge in [0.2, 0.25) is 10.0 Å². The summed E-state index contributed by atoms with van der Waals surface area (Å²) in [5.41, 5.74) is 0.828. The van der Waals surface area contributed by atoms with Gasteiger partial charge in [0, 0.05) is 32.0 Å². The Morgan fingerprint density at radius 2 is 2.10 bits per heavy atom. The van der Waals surface area contributed by atoms with E-state index in [-0.39, 0.29) is 0 Å². The summed E-state index contributed by atoms with van der Waals surface area (Å²) in [7, 11) is -1.55. The molecule has 0 N–H and O–H groups in total. The average Bonchev–Trinajstić information content (AvgIpc) is 2.68. The third-order valence-electron chi connectivity index (χ3n) is 4.36. The van der Waals surface area contributed by atoms with Crippen LogP contribution in [0.3, 0.4) is 0 Å². The molecule has 1 aliphatic heterocycles. The van der Waals surface area contributed by atoms with Gasteiger partial charge in [-0.3, -0.25) is 0 Å². The van der Waals surface area contributed by atoms with Gasteiger partial charge in [0.25, 0.3) is 0 Å². The molecule has 0 radical (unpaired) electrons. The zero-order chi connectivity index (χ0) is 15.5. The van der Waals surface area contributed by atoms with Gasteiger partial charge in [0.15, 0.2) is 0 Å². The predicted octanol–water partition coefficient (Wildman–Crippen LogP) is 3.35. The molecule has 2 heterocycles. The fourth-order valence-electron chi connectivity index (χ4n) is 3.08. The first kappa shape index (κ1) is 16.8. The van der Waals surface area contributed by atoms with E-state index in [4.69, 9.17) is 11.6 Å². The van der Waals surface area contributed by atoms with E-state index in [1.807, 2.05) is 7.05 Å². The van der Waals surface area contributed by atoms with Crippen LogP contribution in [0, 0.1) is 5.92 Å². The van der Waals surface area contributed by atoms with Crippen LogP contribution in [-0.2, 0) is 23.0 Å². The third kappa shape index (κ3) is 3.82. The molecule has 0 aliphatic carbocycles. The molecule has 120 valence electrons. The number of hydrogen-bond donors (Lipinski definition) is 0. The number of halogens is 1. The van der Waals surface area contributed by atoms with Crippen molar-refractivity contribution in [3.05, 3.63) is 18.0 Å². The molecule has 1 saturated heterocycles. The number of sulfonamides is 1. The molecule has 6 heteroatoms. The van der Waals surface area contributed by atoms with Crippen LogP contribution in [0.15, 0.2) is 17.2 Å². The molecular weight excluding hydrogens is 308 g/mol. The normalized spacial score (nSPS) is 21.4. The predicted molar refractivity (Wildman–Crippen MR) is 86.0 cm³/mol. The fraction of sp³-hybridized carbons (Fsp3) is 0.733. The van der Waals surface area contributed by atoms with Crippen molar-refractivity contribution in [3.8, 4) is 0 Å². The van der Waals surface area contributed by atoms with Crippen LogP contribution < -0.4 is 0 Å². The summed E-state index contributed by atoms with van der Waals surface area (Å²) < 4.78 is 28.9. The zero-order valence-corrected chi connectivity index (χ0v) is 14.5. The second-order valence-corrected chi connectivity index (χ2v) is 8.11. The summed E-state index contributed by atoms with van der Waals surface area (Å²) in [6.45, 7) is 3.46. The lowest BCUT2D eigenvalue weighted by Crippen LogP contribution is -2.31. The number of aromatic nitrogens is 1. The number of hydrogen-bond acceptors (Lipinski definition) is 2. The van der Waals surface area contributed by atoms with Gasteiger partial charge in [-0.1, -0.05) is 19.8 Å². The van der Waals surface area contributed by atoms with E-state index in [2.05, 4.69) is 6.92 Å². The van der Waals surface area contributed by atoms with Gasteiger partial charge in [-0.25, -0.2) is 8.42 Å². The molecule has 0 aromatic carbocycles. The van der Waals surface area contributed by atoms with Crippen molar-refractivity contribution in [2.24, 2.45) is 13.0 Å². The average molecular weight is 333 g/mol. The molecule has 1 aromatic heterocycles. The van der Waals surface area contributed by atoms with Crippen molar-refractivity contribution < 1.29 is 8.42 Å². The maximum atomic E-state index is 12.8. The first-order chi connectivity index (χ1) is 9.98. The minimum Gasteiger partial charge on any atom is -0.352 e. The number of aryl methyl sites for hydroxylation is 1. The summed E-state index contributed by atoms with van der Waals surface area (Å²) in [6.07, 6.45) is 7.12. The number of rotatable bonds is 5. The van der Waals surface area contributed by atoms with Gasteiger partial charge in [-0.2, -0.15) is 4.31 Å². The van der Waals surface area contributed by atoms with Crippen LogP contribution in [0.2, 0.25) is 0 Å². The molecule has 1 unspecified atom stereocenters. The lowest BCUT2D eigenvalue weighted by Gasteiger charge is -2.19. The monoisotopic (exact) mass is 332 g/mol. The molecule has 1 atom stereocenters. The molecule has 0 amide bonds. The van der Waals surface area contributed by atoms with Crippen LogP contribution in [0.1, 0.15) is 44.7 Å². The Labute approximate surface area is 133 Å². The van der Waals surface area contributed by atoms with E-state index in [1.54, 1.807) is 21.1 Å². The highest BCUT2D eigenvalue weighted by Gasteiger charge is 2.28. The molecule has 1 fully saturated rings. The van der Waals surface area contributed by atoms with Gasteiger partial charge >= 0.3 is 0 Å². The maximum Gasteiger partial charge on any atom is 0.244 e.